The van der Waals surface area contributed by atoms with E-state index in [2.05, 4.69) is 22.5 Å². The number of carbonyl (C=O) groups is 2. The number of carbonyl (C=O) groups excluding carboxylic acids is 1. The van der Waals surface area contributed by atoms with Crippen LogP contribution in [0.4, 0.5) is 4.79 Å². The zero-order valence-corrected chi connectivity index (χ0v) is 21.9. The second-order valence-electron chi connectivity index (χ2n) is 8.58. The molecular weight excluding hydrogens is 498 g/mol. The quantitative estimate of drug-likeness (QED) is 0.309. The summed E-state index contributed by atoms with van der Waals surface area (Å²) < 4.78 is 7.39. The first-order chi connectivity index (χ1) is 17.4. The van der Waals surface area contributed by atoms with E-state index in [-0.39, 0.29) is 18.9 Å². The van der Waals surface area contributed by atoms with Crippen molar-refractivity contribution in [3.8, 4) is 11.1 Å². The fraction of sp³-hybridized carbons (Fsp3) is 0.370. The number of benzene rings is 2. The van der Waals surface area contributed by atoms with Crippen LogP contribution in [0.2, 0.25) is 5.02 Å². The van der Waals surface area contributed by atoms with Crippen LogP contribution in [0.15, 0.2) is 48.5 Å². The van der Waals surface area contributed by atoms with Crippen LogP contribution >= 0.6 is 23.4 Å². The van der Waals surface area contributed by atoms with Crippen LogP contribution in [-0.2, 0) is 28.2 Å². The summed E-state index contributed by atoms with van der Waals surface area (Å²) in [6.07, 6.45) is 0.297. The Morgan fingerprint density at radius 2 is 1.78 bits per heavy atom. The number of amides is 1. The van der Waals surface area contributed by atoms with Gasteiger partial charge in [0.15, 0.2) is 0 Å². The van der Waals surface area contributed by atoms with Gasteiger partial charge in [-0.3, -0.25) is 4.68 Å². The summed E-state index contributed by atoms with van der Waals surface area (Å²) >= 11 is 8.02. The summed E-state index contributed by atoms with van der Waals surface area (Å²) in [6, 6.07) is 15.1. The molecule has 190 valence electrons. The molecule has 1 heterocycles. The highest BCUT2D eigenvalue weighted by Crippen LogP contribution is 2.44. The Balaban J connectivity index is 1.30. The molecule has 4 rings (SSSR count). The van der Waals surface area contributed by atoms with Crippen molar-refractivity contribution in [2.45, 2.75) is 50.9 Å². The lowest BCUT2D eigenvalue weighted by Crippen LogP contribution is -2.41. The first-order valence-electron chi connectivity index (χ1n) is 12.1. The van der Waals surface area contributed by atoms with Gasteiger partial charge in [-0.15, -0.1) is 0 Å². The summed E-state index contributed by atoms with van der Waals surface area (Å²) in [7, 11) is 0. The number of aliphatic carboxylic acids is 1. The molecule has 0 spiro atoms. The molecule has 7 nitrogen and oxygen atoms in total. The number of hydrogen-bond donors (Lipinski definition) is 2. The Bertz CT molecular complexity index is 1200. The third-order valence-electron chi connectivity index (χ3n) is 6.42. The number of ether oxygens (including phenoxy) is 1. The second-order valence-corrected chi connectivity index (χ2v) is 10.1. The molecule has 9 heteroatoms. The number of hydrogen-bond acceptors (Lipinski definition) is 5. The number of fused-ring (bicyclic) bond motifs is 3. The summed E-state index contributed by atoms with van der Waals surface area (Å²) in [4.78, 5) is 24.3. The van der Waals surface area contributed by atoms with Gasteiger partial charge in [0.2, 0.25) is 0 Å². The van der Waals surface area contributed by atoms with Crippen LogP contribution in [0.5, 0.6) is 0 Å². The number of aromatic nitrogens is 2. The van der Waals surface area contributed by atoms with E-state index < -0.39 is 18.1 Å². The molecule has 1 aliphatic carbocycles. The van der Waals surface area contributed by atoms with Gasteiger partial charge in [-0.05, 0) is 47.8 Å². The van der Waals surface area contributed by atoms with Gasteiger partial charge in [0, 0.05) is 18.2 Å². The van der Waals surface area contributed by atoms with Gasteiger partial charge < -0.3 is 15.2 Å². The number of nitrogens with zero attached hydrogens (tertiary/aromatic N) is 2. The van der Waals surface area contributed by atoms with Crippen LogP contribution in [0.1, 0.15) is 48.7 Å². The van der Waals surface area contributed by atoms with Gasteiger partial charge >= 0.3 is 12.1 Å². The maximum Gasteiger partial charge on any atom is 0.407 e. The summed E-state index contributed by atoms with van der Waals surface area (Å²) in [6.45, 7) is 4.88. The number of thioether (sulfide) groups is 1. The number of nitrogens with one attached hydrogen (secondary N) is 1. The third-order valence-corrected chi connectivity index (χ3v) is 7.86. The molecule has 0 bridgehead atoms. The number of aryl methyl sites for hydroxylation is 2. The van der Waals surface area contributed by atoms with Crippen LogP contribution in [0, 0.1) is 0 Å². The minimum Gasteiger partial charge on any atom is -0.480 e. The predicted molar refractivity (Wildman–Crippen MR) is 143 cm³/mol. The number of halogens is 1. The smallest absolute Gasteiger partial charge is 0.407 e. The lowest BCUT2D eigenvalue weighted by molar-refractivity contribution is -0.139. The molecule has 0 saturated carbocycles. The van der Waals surface area contributed by atoms with Crippen molar-refractivity contribution in [2.75, 3.05) is 12.4 Å². The van der Waals surface area contributed by atoms with E-state index in [4.69, 9.17) is 16.3 Å². The van der Waals surface area contributed by atoms with Gasteiger partial charge in [0.1, 0.15) is 12.6 Å². The molecule has 1 aliphatic rings. The molecule has 36 heavy (non-hydrogen) atoms. The van der Waals surface area contributed by atoms with E-state index >= 15 is 0 Å². The zero-order chi connectivity index (χ0) is 25.7. The monoisotopic (exact) mass is 527 g/mol. The van der Waals surface area contributed by atoms with E-state index in [1.807, 2.05) is 54.9 Å². The first kappa shape index (κ1) is 26.1. The molecule has 1 atom stereocenters. The van der Waals surface area contributed by atoms with E-state index in [0.717, 1.165) is 46.6 Å². The van der Waals surface area contributed by atoms with Crippen LogP contribution < -0.4 is 5.32 Å². The molecular formula is C27H30ClN3O4S. The lowest BCUT2D eigenvalue weighted by Gasteiger charge is -2.17. The molecule has 0 aliphatic heterocycles. The van der Waals surface area contributed by atoms with Gasteiger partial charge in [-0.25, -0.2) is 9.59 Å². The highest BCUT2D eigenvalue weighted by molar-refractivity contribution is 7.98. The molecule has 0 fully saturated rings. The maximum absolute atomic E-state index is 12.5. The van der Waals surface area contributed by atoms with Crippen molar-refractivity contribution in [3.63, 3.8) is 0 Å². The Morgan fingerprint density at radius 3 is 2.36 bits per heavy atom. The molecule has 2 aromatic carbocycles. The van der Waals surface area contributed by atoms with E-state index in [0.29, 0.717) is 16.5 Å². The highest BCUT2D eigenvalue weighted by Gasteiger charge is 2.29. The normalized spacial score (nSPS) is 13.2. The summed E-state index contributed by atoms with van der Waals surface area (Å²) in [5.74, 6) is -0.0123. The first-order valence-corrected chi connectivity index (χ1v) is 13.6. The Labute approximate surface area is 220 Å². The lowest BCUT2D eigenvalue weighted by atomic mass is 9.98. The molecule has 2 N–H and O–H groups in total. The zero-order valence-electron chi connectivity index (χ0n) is 20.4. The minimum absolute atomic E-state index is 0.0804. The van der Waals surface area contributed by atoms with Crippen molar-refractivity contribution in [2.24, 2.45) is 0 Å². The van der Waals surface area contributed by atoms with Gasteiger partial charge in [-0.2, -0.15) is 16.9 Å². The largest absolute Gasteiger partial charge is 0.480 e. The topological polar surface area (TPSA) is 93.5 Å². The Morgan fingerprint density at radius 1 is 1.14 bits per heavy atom. The Hall–Kier alpha value is -2.97. The second kappa shape index (κ2) is 11.8. The molecule has 1 aromatic heterocycles. The van der Waals surface area contributed by atoms with Gasteiger partial charge in [0.25, 0.3) is 0 Å². The van der Waals surface area contributed by atoms with E-state index in [1.54, 1.807) is 11.8 Å². The van der Waals surface area contributed by atoms with Gasteiger partial charge in [0.05, 0.1) is 16.4 Å². The standard InChI is InChI=1S/C27H30ClN3O4S/c1-3-22-25(28)24(31(4-2)30-22)16-36-14-13-23(26(32)33)29-27(34)35-15-21-19-11-7-5-9-17(19)18-10-6-8-12-20(18)21/h5-12,21,23H,3-4,13-16H2,1-2H3,(H,29,34)(H,32,33). The molecule has 1 unspecified atom stereocenters. The van der Waals surface area contributed by atoms with Crippen molar-refractivity contribution >= 4 is 35.4 Å². The molecule has 0 saturated heterocycles. The van der Waals surface area contributed by atoms with Crippen LogP contribution in [-0.4, -0.2) is 45.4 Å². The molecule has 1 amide bonds. The Kier molecular flexibility index (Phi) is 8.59. The van der Waals surface area contributed by atoms with Crippen LogP contribution in [0.25, 0.3) is 11.1 Å². The number of carboxylic acids is 1. The molecule has 0 radical (unpaired) electrons. The van der Waals surface area contributed by atoms with E-state index in [9.17, 15) is 14.7 Å². The van der Waals surface area contributed by atoms with Crippen LogP contribution in [0.3, 0.4) is 0 Å². The average Bonchev–Trinajstić information content (AvgIpc) is 3.38. The minimum atomic E-state index is -1.09. The van der Waals surface area contributed by atoms with Crippen molar-refractivity contribution in [3.05, 3.63) is 76.1 Å². The van der Waals surface area contributed by atoms with Gasteiger partial charge in [-0.1, -0.05) is 67.1 Å². The maximum atomic E-state index is 12.5. The average molecular weight is 528 g/mol. The number of rotatable bonds is 11. The van der Waals surface area contributed by atoms with Crippen molar-refractivity contribution in [1.29, 1.82) is 0 Å². The highest BCUT2D eigenvalue weighted by atomic mass is 35.5. The fourth-order valence-electron chi connectivity index (χ4n) is 4.56. The van der Waals surface area contributed by atoms with Crippen molar-refractivity contribution in [1.82, 2.24) is 15.1 Å². The summed E-state index contributed by atoms with van der Waals surface area (Å²) in [5, 5.41) is 17.3. The predicted octanol–water partition coefficient (Wildman–Crippen LogP) is 5.73. The third kappa shape index (κ3) is 5.55. The SMILES string of the molecule is CCc1nn(CC)c(CSCCC(NC(=O)OCC2c3ccccc3-c3ccccc32)C(=O)O)c1Cl. The fourth-order valence-corrected chi connectivity index (χ4v) is 6.01. The van der Waals surface area contributed by atoms with E-state index in [1.165, 1.54) is 0 Å². The number of carboxylic acid groups (broad SMARTS) is 1. The number of alkyl carbamates (subject to hydrolysis) is 1. The van der Waals surface area contributed by atoms with Crippen molar-refractivity contribution < 1.29 is 19.4 Å². The molecule has 3 aromatic rings. The summed E-state index contributed by atoms with van der Waals surface area (Å²) in [5.41, 5.74) is 6.30.